The zero-order valence-corrected chi connectivity index (χ0v) is 15.5. The molecule has 0 aliphatic rings. The molecule has 150 valence electrons. The molecule has 0 heterocycles. The summed E-state index contributed by atoms with van der Waals surface area (Å²) in [5.41, 5.74) is 0.0753. The Morgan fingerprint density at radius 2 is 1.54 bits per heavy atom. The molecule has 2 amide bonds. The predicted octanol–water partition coefficient (Wildman–Crippen LogP) is 3.10. The number of sulfonamides is 1. The number of nitrogens with one attached hydrogen (secondary N) is 2. The molecule has 0 saturated heterocycles. The third-order valence-corrected chi connectivity index (χ3v) is 5.04. The summed E-state index contributed by atoms with van der Waals surface area (Å²) in [6.07, 6.45) is -4.57. The molecular weight excluding hydrogens is 397 g/mol. The van der Waals surface area contributed by atoms with Gasteiger partial charge < -0.3 is 5.32 Å². The zero-order chi connectivity index (χ0) is 20.9. The van der Waals surface area contributed by atoms with Crippen molar-refractivity contribution in [3.05, 3.63) is 59.7 Å². The van der Waals surface area contributed by atoms with Crippen LogP contribution in [0.15, 0.2) is 53.4 Å². The maximum absolute atomic E-state index is 12.5. The van der Waals surface area contributed by atoms with E-state index in [0.29, 0.717) is 11.3 Å². The van der Waals surface area contributed by atoms with Gasteiger partial charge in [0.1, 0.15) is 0 Å². The van der Waals surface area contributed by atoms with Crippen LogP contribution in [-0.2, 0) is 32.2 Å². The van der Waals surface area contributed by atoms with Crippen molar-refractivity contribution < 1.29 is 31.2 Å². The van der Waals surface area contributed by atoms with Gasteiger partial charge in [0.25, 0.3) is 10.0 Å². The Morgan fingerprint density at radius 3 is 2.04 bits per heavy atom. The number of hydrogen-bond acceptors (Lipinski definition) is 4. The van der Waals surface area contributed by atoms with Gasteiger partial charge in [-0.15, -0.1) is 0 Å². The number of amides is 2. The number of carbonyl (C=O) groups excluding carboxylic acids is 2. The molecular formula is C18H17F3N2O4S. The maximum Gasteiger partial charge on any atom is 0.416 e. The number of alkyl halides is 3. The molecule has 10 heteroatoms. The topological polar surface area (TPSA) is 92.3 Å². The van der Waals surface area contributed by atoms with E-state index in [9.17, 15) is 31.2 Å². The molecule has 0 saturated carbocycles. The van der Waals surface area contributed by atoms with E-state index in [4.69, 9.17) is 0 Å². The Hall–Kier alpha value is -2.88. The lowest BCUT2D eigenvalue weighted by molar-refractivity contribution is -0.137. The summed E-state index contributed by atoms with van der Waals surface area (Å²) in [4.78, 5) is 22.7. The van der Waals surface area contributed by atoms with Gasteiger partial charge in [-0.25, -0.2) is 13.1 Å². The fraction of sp³-hybridized carbons (Fsp3) is 0.222. The summed E-state index contributed by atoms with van der Waals surface area (Å²) in [5.74, 6) is -1.10. The molecule has 28 heavy (non-hydrogen) atoms. The highest BCUT2D eigenvalue weighted by Gasteiger charge is 2.29. The Morgan fingerprint density at radius 1 is 0.964 bits per heavy atom. The van der Waals surface area contributed by atoms with Crippen molar-refractivity contribution in [1.29, 1.82) is 0 Å². The van der Waals surface area contributed by atoms with Crippen LogP contribution in [0.4, 0.5) is 18.9 Å². The Kier molecular flexibility index (Phi) is 6.45. The third-order valence-electron chi connectivity index (χ3n) is 3.66. The molecule has 0 unspecified atom stereocenters. The lowest BCUT2D eigenvalue weighted by Crippen LogP contribution is -2.30. The average molecular weight is 414 g/mol. The van der Waals surface area contributed by atoms with Gasteiger partial charge in [-0.2, -0.15) is 13.2 Å². The van der Waals surface area contributed by atoms with E-state index in [-0.39, 0.29) is 23.6 Å². The van der Waals surface area contributed by atoms with E-state index < -0.39 is 27.7 Å². The van der Waals surface area contributed by atoms with Crippen molar-refractivity contribution in [2.75, 3.05) is 5.32 Å². The van der Waals surface area contributed by atoms with Crippen molar-refractivity contribution in [2.45, 2.75) is 30.8 Å². The molecule has 0 bridgehead atoms. The van der Waals surface area contributed by atoms with Crippen LogP contribution in [0.25, 0.3) is 0 Å². The zero-order valence-electron chi connectivity index (χ0n) is 14.7. The highest BCUT2D eigenvalue weighted by molar-refractivity contribution is 7.90. The number of halogens is 3. The molecule has 0 atom stereocenters. The van der Waals surface area contributed by atoms with Crippen molar-refractivity contribution in [3.63, 3.8) is 0 Å². The number of aryl methyl sites for hydroxylation is 1. The fourth-order valence-electron chi connectivity index (χ4n) is 2.30. The third kappa shape index (κ3) is 6.08. The van der Waals surface area contributed by atoms with Crippen LogP contribution in [0.3, 0.4) is 0 Å². The summed E-state index contributed by atoms with van der Waals surface area (Å²) in [6.45, 7) is 1.31. The van der Waals surface area contributed by atoms with Gasteiger partial charge in [-0.3, -0.25) is 9.59 Å². The van der Waals surface area contributed by atoms with Crippen molar-refractivity contribution >= 4 is 27.5 Å². The quantitative estimate of drug-likeness (QED) is 0.760. The second-order valence-corrected chi connectivity index (χ2v) is 7.61. The Labute approximate surface area is 159 Å². The highest BCUT2D eigenvalue weighted by Crippen LogP contribution is 2.29. The molecule has 0 aliphatic heterocycles. The predicted molar refractivity (Wildman–Crippen MR) is 95.8 cm³/mol. The first-order valence-electron chi connectivity index (χ1n) is 8.07. The number of anilines is 1. The van der Waals surface area contributed by atoms with Crippen LogP contribution in [0.5, 0.6) is 0 Å². The van der Waals surface area contributed by atoms with Crippen LogP contribution >= 0.6 is 0 Å². The maximum atomic E-state index is 12.5. The van der Waals surface area contributed by atoms with E-state index in [2.05, 4.69) is 5.32 Å². The van der Waals surface area contributed by atoms with E-state index >= 15 is 0 Å². The Bertz CT molecular complexity index is 954. The van der Waals surface area contributed by atoms with Gasteiger partial charge in [0.2, 0.25) is 11.8 Å². The van der Waals surface area contributed by atoms with Crippen molar-refractivity contribution in [1.82, 2.24) is 4.72 Å². The Balaban J connectivity index is 1.95. The second-order valence-electron chi connectivity index (χ2n) is 5.93. The smallest absolute Gasteiger partial charge is 0.326 e. The summed E-state index contributed by atoms with van der Waals surface area (Å²) in [7, 11) is -4.10. The van der Waals surface area contributed by atoms with Crippen molar-refractivity contribution in [3.8, 4) is 0 Å². The van der Waals surface area contributed by atoms with E-state index in [1.807, 2.05) is 4.72 Å². The fourth-order valence-corrected chi connectivity index (χ4v) is 3.31. The summed E-state index contributed by atoms with van der Waals surface area (Å²) >= 11 is 0. The first-order valence-corrected chi connectivity index (χ1v) is 9.55. The largest absolute Gasteiger partial charge is 0.416 e. The summed E-state index contributed by atoms with van der Waals surface area (Å²) < 4.78 is 63.8. The minimum absolute atomic E-state index is 0.0843. The second kappa shape index (κ2) is 8.42. The van der Waals surface area contributed by atoms with Gasteiger partial charge in [0.05, 0.1) is 10.5 Å². The van der Waals surface area contributed by atoms with Gasteiger partial charge in [-0.05, 0) is 48.4 Å². The molecule has 0 fully saturated rings. The van der Waals surface area contributed by atoms with Gasteiger partial charge >= 0.3 is 6.18 Å². The van der Waals surface area contributed by atoms with Crippen LogP contribution in [-0.4, -0.2) is 20.2 Å². The van der Waals surface area contributed by atoms with E-state index in [1.54, 1.807) is 0 Å². The monoisotopic (exact) mass is 414 g/mol. The summed E-state index contributed by atoms with van der Waals surface area (Å²) in [5, 5.41) is 2.48. The molecule has 0 aliphatic carbocycles. The van der Waals surface area contributed by atoms with E-state index in [0.717, 1.165) is 12.1 Å². The first kappa shape index (κ1) is 21.4. The van der Waals surface area contributed by atoms with Gasteiger partial charge in [-0.1, -0.05) is 12.1 Å². The van der Waals surface area contributed by atoms with Crippen LogP contribution < -0.4 is 10.0 Å². The molecule has 0 radical (unpaired) electrons. The molecule has 2 aromatic carbocycles. The standard InChI is InChI=1S/C18H17F3N2O4S/c1-12(24)22-15-7-9-16(10-8-15)28(26,27)23-17(25)11-4-13-2-5-14(6-3-13)18(19,20)21/h2-3,5-10H,4,11H2,1H3,(H,22,24)(H,23,25). The van der Waals surface area contributed by atoms with E-state index in [1.165, 1.54) is 43.3 Å². The first-order chi connectivity index (χ1) is 13.0. The number of carbonyl (C=O) groups is 2. The number of rotatable bonds is 6. The molecule has 2 N–H and O–H groups in total. The molecule has 6 nitrogen and oxygen atoms in total. The van der Waals surface area contributed by atoms with Crippen LogP contribution in [0.1, 0.15) is 24.5 Å². The van der Waals surface area contributed by atoms with Gasteiger partial charge in [0, 0.05) is 19.0 Å². The van der Waals surface area contributed by atoms with Crippen molar-refractivity contribution in [2.24, 2.45) is 0 Å². The normalized spacial score (nSPS) is 11.7. The number of benzene rings is 2. The van der Waals surface area contributed by atoms with Crippen LogP contribution in [0.2, 0.25) is 0 Å². The summed E-state index contributed by atoms with van der Waals surface area (Å²) in [6, 6.07) is 9.51. The minimum Gasteiger partial charge on any atom is -0.326 e. The average Bonchev–Trinajstić information content (AvgIpc) is 2.59. The van der Waals surface area contributed by atoms with Gasteiger partial charge in [0.15, 0.2) is 0 Å². The molecule has 2 aromatic rings. The lowest BCUT2D eigenvalue weighted by Gasteiger charge is -2.09. The SMILES string of the molecule is CC(=O)Nc1ccc(S(=O)(=O)NC(=O)CCc2ccc(C(F)(F)F)cc2)cc1. The molecule has 2 rings (SSSR count). The number of hydrogen-bond donors (Lipinski definition) is 2. The van der Waals surface area contributed by atoms with Crippen LogP contribution in [0, 0.1) is 0 Å². The molecule has 0 aromatic heterocycles. The lowest BCUT2D eigenvalue weighted by atomic mass is 10.1. The minimum atomic E-state index is -4.44. The highest BCUT2D eigenvalue weighted by atomic mass is 32.2. The molecule has 0 spiro atoms.